The van der Waals surface area contributed by atoms with Crippen LogP contribution in [0.25, 0.3) is 0 Å². The molecular formula is C15H17N5O2. The number of nitrogens with zero attached hydrogens (tertiary/aromatic N) is 5. The van der Waals surface area contributed by atoms with E-state index in [2.05, 4.69) is 10.3 Å². The van der Waals surface area contributed by atoms with Crippen LogP contribution in [0.5, 0.6) is 0 Å². The third-order valence-electron chi connectivity index (χ3n) is 3.69. The molecule has 3 rings (SSSR count). The molecule has 0 unspecified atom stereocenters. The minimum atomic E-state index is -0.140. The Balaban J connectivity index is 1.78. The number of nitriles is 1. The van der Waals surface area contributed by atoms with Crippen LogP contribution in [0.1, 0.15) is 47.4 Å². The largest absolute Gasteiger partial charge is 0.361 e. The second-order valence-corrected chi connectivity index (χ2v) is 5.36. The number of hydrogen-bond donors (Lipinski definition) is 0. The maximum absolute atomic E-state index is 12.6. The molecule has 1 amide bonds. The number of hydrogen-bond acceptors (Lipinski definition) is 5. The lowest BCUT2D eigenvalue weighted by atomic mass is 10.2. The van der Waals surface area contributed by atoms with Crippen LogP contribution in [0.2, 0.25) is 0 Å². The van der Waals surface area contributed by atoms with E-state index in [1.807, 2.05) is 13.0 Å². The first kappa shape index (κ1) is 14.3. The lowest BCUT2D eigenvalue weighted by Crippen LogP contribution is -2.30. The maximum Gasteiger partial charge on any atom is 0.276 e. The first-order valence-corrected chi connectivity index (χ1v) is 7.43. The zero-order valence-corrected chi connectivity index (χ0v) is 12.4. The fourth-order valence-corrected chi connectivity index (χ4v) is 2.63. The quantitative estimate of drug-likeness (QED) is 0.861. The molecule has 1 aliphatic heterocycles. The smallest absolute Gasteiger partial charge is 0.276 e. The SMILES string of the molecule is CCCc1cc(C(=O)N2CCCn3nc(C#N)cc3C2)no1. The van der Waals surface area contributed by atoms with E-state index in [9.17, 15) is 4.79 Å². The van der Waals surface area contributed by atoms with E-state index in [0.717, 1.165) is 30.7 Å². The average molecular weight is 299 g/mol. The molecule has 2 aromatic heterocycles. The number of carbonyl (C=O) groups excluding carboxylic acids is 1. The predicted octanol–water partition coefficient (Wildman–Crippen LogP) is 1.74. The van der Waals surface area contributed by atoms with Crippen LogP contribution >= 0.6 is 0 Å². The van der Waals surface area contributed by atoms with Gasteiger partial charge in [0.15, 0.2) is 11.4 Å². The zero-order chi connectivity index (χ0) is 15.5. The Bertz CT molecular complexity index is 725. The molecule has 0 N–H and O–H groups in total. The van der Waals surface area contributed by atoms with Gasteiger partial charge in [-0.15, -0.1) is 0 Å². The van der Waals surface area contributed by atoms with Crippen LogP contribution in [-0.4, -0.2) is 32.3 Å². The van der Waals surface area contributed by atoms with Crippen molar-refractivity contribution in [3.8, 4) is 6.07 Å². The van der Waals surface area contributed by atoms with Gasteiger partial charge in [0.1, 0.15) is 11.8 Å². The van der Waals surface area contributed by atoms with Crippen molar-refractivity contribution in [1.29, 1.82) is 5.26 Å². The summed E-state index contributed by atoms with van der Waals surface area (Å²) in [5.41, 5.74) is 1.60. The first-order chi connectivity index (χ1) is 10.7. The van der Waals surface area contributed by atoms with Crippen molar-refractivity contribution >= 4 is 5.91 Å². The molecule has 0 atom stereocenters. The lowest BCUT2D eigenvalue weighted by Gasteiger charge is -2.18. The van der Waals surface area contributed by atoms with Gasteiger partial charge in [-0.05, 0) is 18.9 Å². The van der Waals surface area contributed by atoms with E-state index in [1.54, 1.807) is 21.7 Å². The van der Waals surface area contributed by atoms with Gasteiger partial charge in [0.25, 0.3) is 5.91 Å². The van der Waals surface area contributed by atoms with E-state index in [-0.39, 0.29) is 5.91 Å². The lowest BCUT2D eigenvalue weighted by molar-refractivity contribution is 0.0735. The number of rotatable bonds is 3. The third kappa shape index (κ3) is 2.72. The van der Waals surface area contributed by atoms with Crippen molar-refractivity contribution in [2.75, 3.05) is 6.54 Å². The monoisotopic (exact) mass is 299 g/mol. The summed E-state index contributed by atoms with van der Waals surface area (Å²) in [6.07, 6.45) is 2.52. The first-order valence-electron chi connectivity index (χ1n) is 7.43. The van der Waals surface area contributed by atoms with Crippen LogP contribution in [-0.2, 0) is 19.5 Å². The van der Waals surface area contributed by atoms with Gasteiger partial charge in [-0.3, -0.25) is 9.48 Å². The molecule has 0 fully saturated rings. The van der Waals surface area contributed by atoms with Gasteiger partial charge in [-0.25, -0.2) is 0 Å². The molecule has 0 radical (unpaired) electrons. The molecule has 3 heterocycles. The van der Waals surface area contributed by atoms with Crippen LogP contribution in [0.4, 0.5) is 0 Å². The fourth-order valence-electron chi connectivity index (χ4n) is 2.63. The van der Waals surface area contributed by atoms with Gasteiger partial charge in [0.2, 0.25) is 0 Å². The van der Waals surface area contributed by atoms with Crippen molar-refractivity contribution in [3.63, 3.8) is 0 Å². The van der Waals surface area contributed by atoms with Crippen LogP contribution < -0.4 is 0 Å². The second-order valence-electron chi connectivity index (χ2n) is 5.36. The summed E-state index contributed by atoms with van der Waals surface area (Å²) in [7, 11) is 0. The van der Waals surface area contributed by atoms with Crippen molar-refractivity contribution in [2.24, 2.45) is 0 Å². The second kappa shape index (κ2) is 6.02. The van der Waals surface area contributed by atoms with Crippen LogP contribution in [0.15, 0.2) is 16.7 Å². The Kier molecular flexibility index (Phi) is 3.92. The Morgan fingerprint density at radius 3 is 3.09 bits per heavy atom. The Labute approximate surface area is 128 Å². The van der Waals surface area contributed by atoms with Crippen molar-refractivity contribution in [1.82, 2.24) is 19.8 Å². The number of fused-ring (bicyclic) bond motifs is 1. The fraction of sp³-hybridized carbons (Fsp3) is 0.467. The molecule has 0 saturated carbocycles. The highest BCUT2D eigenvalue weighted by Gasteiger charge is 2.24. The normalized spacial score (nSPS) is 14.3. The molecular weight excluding hydrogens is 282 g/mol. The molecule has 0 spiro atoms. The summed E-state index contributed by atoms with van der Waals surface area (Å²) in [6, 6.07) is 5.48. The van der Waals surface area contributed by atoms with Crippen molar-refractivity contribution < 1.29 is 9.32 Å². The molecule has 1 aliphatic rings. The standard InChI is InChI=1S/C15H17N5O2/c1-2-4-13-8-14(18-22-13)15(21)19-5-3-6-20-12(10-19)7-11(9-16)17-20/h7-8H,2-6,10H2,1H3. The average Bonchev–Trinajstić information content (AvgIpc) is 3.09. The van der Waals surface area contributed by atoms with Crippen molar-refractivity contribution in [2.45, 2.75) is 39.3 Å². The summed E-state index contributed by atoms with van der Waals surface area (Å²) in [6.45, 7) is 3.83. The van der Waals surface area contributed by atoms with Crippen LogP contribution in [0, 0.1) is 11.3 Å². The summed E-state index contributed by atoms with van der Waals surface area (Å²) < 4.78 is 6.98. The van der Waals surface area contributed by atoms with Crippen LogP contribution in [0.3, 0.4) is 0 Å². The number of amides is 1. The highest BCUT2D eigenvalue weighted by molar-refractivity contribution is 5.92. The van der Waals surface area contributed by atoms with E-state index in [0.29, 0.717) is 31.0 Å². The molecule has 7 heteroatoms. The zero-order valence-electron chi connectivity index (χ0n) is 12.4. The highest BCUT2D eigenvalue weighted by atomic mass is 16.5. The predicted molar refractivity (Wildman–Crippen MR) is 76.8 cm³/mol. The Hall–Kier alpha value is -2.62. The van der Waals surface area contributed by atoms with Gasteiger partial charge in [0, 0.05) is 25.6 Å². The molecule has 0 saturated heterocycles. The third-order valence-corrected chi connectivity index (χ3v) is 3.69. The van der Waals surface area contributed by atoms with Gasteiger partial charge in [-0.2, -0.15) is 10.4 Å². The maximum atomic E-state index is 12.6. The number of aryl methyl sites for hydroxylation is 2. The number of aromatic nitrogens is 3. The Morgan fingerprint density at radius 2 is 2.32 bits per heavy atom. The van der Waals surface area contributed by atoms with E-state index in [4.69, 9.17) is 9.78 Å². The van der Waals surface area contributed by atoms with E-state index >= 15 is 0 Å². The summed E-state index contributed by atoms with van der Waals surface area (Å²) >= 11 is 0. The highest BCUT2D eigenvalue weighted by Crippen LogP contribution is 2.16. The molecule has 114 valence electrons. The van der Waals surface area contributed by atoms with E-state index in [1.165, 1.54) is 0 Å². The molecule has 2 aromatic rings. The summed E-state index contributed by atoms with van der Waals surface area (Å²) in [5, 5.41) is 17.0. The van der Waals surface area contributed by atoms with Crippen molar-refractivity contribution in [3.05, 3.63) is 35.0 Å². The van der Waals surface area contributed by atoms with Gasteiger partial charge in [-0.1, -0.05) is 12.1 Å². The molecule has 0 aromatic carbocycles. The van der Waals surface area contributed by atoms with Gasteiger partial charge < -0.3 is 9.42 Å². The molecule has 0 aliphatic carbocycles. The minimum Gasteiger partial charge on any atom is -0.361 e. The topological polar surface area (TPSA) is 88.0 Å². The number of carbonyl (C=O) groups is 1. The minimum absolute atomic E-state index is 0.140. The molecule has 22 heavy (non-hydrogen) atoms. The van der Waals surface area contributed by atoms with Gasteiger partial charge in [0.05, 0.1) is 12.2 Å². The molecule has 0 bridgehead atoms. The van der Waals surface area contributed by atoms with Gasteiger partial charge >= 0.3 is 0 Å². The van der Waals surface area contributed by atoms with E-state index < -0.39 is 0 Å². The summed E-state index contributed by atoms with van der Waals surface area (Å²) in [4.78, 5) is 14.3. The Morgan fingerprint density at radius 1 is 1.45 bits per heavy atom. The summed E-state index contributed by atoms with van der Waals surface area (Å²) in [5.74, 6) is 0.594. The molecule has 7 nitrogen and oxygen atoms in total.